The predicted molar refractivity (Wildman–Crippen MR) is 104 cm³/mol. The van der Waals surface area contributed by atoms with E-state index in [1.54, 1.807) is 0 Å². The topological polar surface area (TPSA) is 38.3 Å². The zero-order chi connectivity index (χ0) is 17.9. The first-order chi connectivity index (χ1) is 11.7. The van der Waals surface area contributed by atoms with Crippen LogP contribution >= 0.6 is 0 Å². The molecule has 3 heteroatoms. The van der Waals surface area contributed by atoms with Crippen molar-refractivity contribution in [3.63, 3.8) is 0 Å². The van der Waals surface area contributed by atoms with E-state index in [4.69, 9.17) is 4.74 Å². The molecular weight excluding hydrogens is 298 g/mol. The quantitative estimate of drug-likeness (QED) is 0.287. The van der Waals surface area contributed by atoms with Crippen molar-refractivity contribution in [3.8, 4) is 0 Å². The molecule has 0 radical (unpaired) electrons. The van der Waals surface area contributed by atoms with Gasteiger partial charge in [-0.1, -0.05) is 97.0 Å². The van der Waals surface area contributed by atoms with Crippen LogP contribution in [0.15, 0.2) is 12.8 Å². The van der Waals surface area contributed by atoms with Crippen LogP contribution < -0.4 is 5.32 Å². The molecule has 0 heterocycles. The predicted octanol–water partition coefficient (Wildman–Crippen LogP) is 7.12. The number of amides is 1. The fourth-order valence-electron chi connectivity index (χ4n) is 2.99. The molecule has 0 aromatic carbocycles. The van der Waals surface area contributed by atoms with Gasteiger partial charge in [0, 0.05) is 0 Å². The van der Waals surface area contributed by atoms with Gasteiger partial charge in [-0.2, -0.15) is 0 Å². The van der Waals surface area contributed by atoms with E-state index in [1.165, 1.54) is 89.7 Å². The average molecular weight is 340 g/mol. The maximum atomic E-state index is 11.2. The average Bonchev–Trinajstić information content (AvgIpc) is 2.55. The standard InChI is InChI=1S/C21H41NO2/c1-4-6-7-8-9-10-11-12-13-14-15-16-17-18-19-20(3)24-21(23)22-5-2/h5,20H,2,4,6-19H2,1,3H3,(H,22,23). The van der Waals surface area contributed by atoms with E-state index in [0.717, 1.165) is 12.8 Å². The number of hydrogen-bond acceptors (Lipinski definition) is 2. The molecule has 0 aromatic rings. The Labute approximate surface area is 150 Å². The highest BCUT2D eigenvalue weighted by molar-refractivity contribution is 5.68. The first-order valence-corrected chi connectivity index (χ1v) is 10.3. The molecule has 1 N–H and O–H groups in total. The van der Waals surface area contributed by atoms with Gasteiger partial charge in [0.25, 0.3) is 0 Å². The zero-order valence-electron chi connectivity index (χ0n) is 16.3. The van der Waals surface area contributed by atoms with Crippen LogP contribution in [-0.2, 0) is 4.74 Å². The Hall–Kier alpha value is -0.990. The molecule has 0 aliphatic heterocycles. The molecule has 0 saturated heterocycles. The molecule has 0 rings (SSSR count). The molecule has 0 aromatic heterocycles. The number of nitrogens with one attached hydrogen (secondary N) is 1. The van der Waals surface area contributed by atoms with Crippen molar-refractivity contribution in [2.24, 2.45) is 0 Å². The van der Waals surface area contributed by atoms with Gasteiger partial charge in [0.2, 0.25) is 0 Å². The molecule has 0 spiro atoms. The Morgan fingerprint density at radius 3 is 1.71 bits per heavy atom. The van der Waals surface area contributed by atoms with Gasteiger partial charge in [0.1, 0.15) is 6.10 Å². The van der Waals surface area contributed by atoms with Crippen molar-refractivity contribution in [3.05, 3.63) is 12.8 Å². The van der Waals surface area contributed by atoms with Crippen molar-refractivity contribution in [1.82, 2.24) is 5.32 Å². The number of carbonyl (C=O) groups excluding carboxylic acids is 1. The second-order valence-corrected chi connectivity index (χ2v) is 6.95. The lowest BCUT2D eigenvalue weighted by atomic mass is 10.0. The Kier molecular flexibility index (Phi) is 17.6. The maximum absolute atomic E-state index is 11.2. The normalized spacial score (nSPS) is 11.9. The lowest BCUT2D eigenvalue weighted by Gasteiger charge is -2.12. The van der Waals surface area contributed by atoms with E-state index >= 15 is 0 Å². The number of unbranched alkanes of at least 4 members (excludes halogenated alkanes) is 13. The van der Waals surface area contributed by atoms with E-state index in [2.05, 4.69) is 18.8 Å². The molecule has 142 valence electrons. The summed E-state index contributed by atoms with van der Waals surface area (Å²) in [5.41, 5.74) is 0. The Bertz CT molecular complexity index is 292. The summed E-state index contributed by atoms with van der Waals surface area (Å²) < 4.78 is 5.18. The van der Waals surface area contributed by atoms with Crippen LogP contribution in [-0.4, -0.2) is 12.2 Å². The molecule has 3 nitrogen and oxygen atoms in total. The number of rotatable bonds is 17. The van der Waals surface area contributed by atoms with E-state index in [0.29, 0.717) is 0 Å². The molecule has 0 fully saturated rings. The molecule has 1 unspecified atom stereocenters. The summed E-state index contributed by atoms with van der Waals surface area (Å²) in [5.74, 6) is 0. The highest BCUT2D eigenvalue weighted by Gasteiger charge is 2.07. The third-order valence-electron chi connectivity index (χ3n) is 4.49. The maximum Gasteiger partial charge on any atom is 0.411 e. The van der Waals surface area contributed by atoms with Gasteiger partial charge >= 0.3 is 6.09 Å². The lowest BCUT2D eigenvalue weighted by molar-refractivity contribution is 0.104. The summed E-state index contributed by atoms with van der Waals surface area (Å²) >= 11 is 0. The van der Waals surface area contributed by atoms with Gasteiger partial charge in [-0.05, 0) is 26.0 Å². The molecule has 1 amide bonds. The van der Waals surface area contributed by atoms with Crippen molar-refractivity contribution in [2.75, 3.05) is 0 Å². The molecule has 0 saturated carbocycles. The monoisotopic (exact) mass is 339 g/mol. The smallest absolute Gasteiger partial charge is 0.411 e. The van der Waals surface area contributed by atoms with Crippen molar-refractivity contribution in [1.29, 1.82) is 0 Å². The van der Waals surface area contributed by atoms with Crippen LogP contribution in [0.4, 0.5) is 4.79 Å². The number of carbonyl (C=O) groups is 1. The van der Waals surface area contributed by atoms with Gasteiger partial charge in [-0.25, -0.2) is 4.79 Å². The molecular formula is C21H41NO2. The van der Waals surface area contributed by atoms with Crippen LogP contribution in [0.3, 0.4) is 0 Å². The van der Waals surface area contributed by atoms with Crippen molar-refractivity contribution >= 4 is 6.09 Å². The van der Waals surface area contributed by atoms with E-state index < -0.39 is 6.09 Å². The van der Waals surface area contributed by atoms with Gasteiger partial charge in [-0.15, -0.1) is 0 Å². The third kappa shape index (κ3) is 17.4. The summed E-state index contributed by atoms with van der Waals surface area (Å²) in [4.78, 5) is 11.2. The minimum Gasteiger partial charge on any atom is -0.446 e. The second-order valence-electron chi connectivity index (χ2n) is 6.95. The van der Waals surface area contributed by atoms with Gasteiger partial charge in [0.15, 0.2) is 0 Å². The summed E-state index contributed by atoms with van der Waals surface area (Å²) in [6, 6.07) is 0. The van der Waals surface area contributed by atoms with E-state index in [1.807, 2.05) is 6.92 Å². The molecule has 0 aliphatic carbocycles. The first-order valence-electron chi connectivity index (χ1n) is 10.3. The highest BCUT2D eigenvalue weighted by Crippen LogP contribution is 2.14. The summed E-state index contributed by atoms with van der Waals surface area (Å²) in [7, 11) is 0. The van der Waals surface area contributed by atoms with Crippen molar-refractivity contribution in [2.45, 2.75) is 116 Å². The highest BCUT2D eigenvalue weighted by atomic mass is 16.6. The van der Waals surface area contributed by atoms with Crippen LogP contribution in [0.1, 0.15) is 110 Å². The second kappa shape index (κ2) is 18.4. The summed E-state index contributed by atoms with van der Waals surface area (Å²) in [6.45, 7) is 7.66. The fourth-order valence-corrected chi connectivity index (χ4v) is 2.99. The Balaban J connectivity index is 3.17. The van der Waals surface area contributed by atoms with Crippen LogP contribution in [0, 0.1) is 0 Å². The molecule has 0 aliphatic rings. The van der Waals surface area contributed by atoms with Crippen LogP contribution in [0.5, 0.6) is 0 Å². The number of hydrogen-bond donors (Lipinski definition) is 1. The van der Waals surface area contributed by atoms with Gasteiger partial charge in [-0.3, -0.25) is 5.32 Å². The number of alkyl carbamates (subject to hydrolysis) is 1. The zero-order valence-corrected chi connectivity index (χ0v) is 16.3. The SMILES string of the molecule is C=CNC(=O)OC(C)CCCCCCCCCCCCCCCC. The van der Waals surface area contributed by atoms with E-state index in [9.17, 15) is 4.79 Å². The minimum absolute atomic E-state index is 0.0118. The fraction of sp³-hybridized carbons (Fsp3) is 0.857. The number of ether oxygens (including phenoxy) is 1. The Morgan fingerprint density at radius 1 is 0.875 bits per heavy atom. The van der Waals surface area contributed by atoms with Gasteiger partial charge in [0.05, 0.1) is 0 Å². The van der Waals surface area contributed by atoms with Crippen molar-refractivity contribution < 1.29 is 9.53 Å². The van der Waals surface area contributed by atoms with Gasteiger partial charge < -0.3 is 4.74 Å². The largest absolute Gasteiger partial charge is 0.446 e. The van der Waals surface area contributed by atoms with Crippen LogP contribution in [0.2, 0.25) is 0 Å². The summed E-state index contributed by atoms with van der Waals surface area (Å²) in [6.07, 6.45) is 21.0. The first kappa shape index (κ1) is 23.0. The van der Waals surface area contributed by atoms with E-state index in [-0.39, 0.29) is 6.10 Å². The van der Waals surface area contributed by atoms with Crippen LogP contribution in [0.25, 0.3) is 0 Å². The molecule has 0 bridgehead atoms. The molecule has 1 atom stereocenters. The lowest BCUT2D eigenvalue weighted by Crippen LogP contribution is -2.23. The third-order valence-corrected chi connectivity index (χ3v) is 4.49. The minimum atomic E-state index is -0.400. The molecule has 24 heavy (non-hydrogen) atoms. The Morgan fingerprint density at radius 2 is 1.29 bits per heavy atom. The summed E-state index contributed by atoms with van der Waals surface area (Å²) in [5, 5.41) is 2.43.